The Morgan fingerprint density at radius 1 is 0.969 bits per heavy atom. The molecule has 0 fully saturated rings. The van der Waals surface area contributed by atoms with Gasteiger partial charge in [0.1, 0.15) is 25.3 Å². The standard InChI is InChI=1S/C24H18N4O4/c29-23(17-7-10-21-22(13-17)31-12-11-30-21)28-27-14-16-5-8-18(9-6-16)32-24-19-3-1-2-4-20(19)25-15-26-24/h1-10,13-15H,11-12H2,(H,28,29)/b27-14+. The van der Waals surface area contributed by atoms with Gasteiger partial charge in [-0.05, 0) is 60.2 Å². The first kappa shape index (κ1) is 19.5. The molecule has 1 aliphatic rings. The van der Waals surface area contributed by atoms with Gasteiger partial charge in [-0.25, -0.2) is 15.4 Å². The van der Waals surface area contributed by atoms with Crippen molar-refractivity contribution in [2.75, 3.05) is 13.2 Å². The molecule has 0 saturated carbocycles. The lowest BCUT2D eigenvalue weighted by Gasteiger charge is -2.18. The Labute approximate surface area is 183 Å². The van der Waals surface area contributed by atoms with Crippen LogP contribution in [0, 0.1) is 0 Å². The summed E-state index contributed by atoms with van der Waals surface area (Å²) in [7, 11) is 0. The number of carbonyl (C=O) groups is 1. The van der Waals surface area contributed by atoms with Gasteiger partial charge >= 0.3 is 0 Å². The molecule has 8 heteroatoms. The summed E-state index contributed by atoms with van der Waals surface area (Å²) in [5, 5.41) is 4.86. The average Bonchev–Trinajstić information content (AvgIpc) is 2.85. The molecule has 0 atom stereocenters. The van der Waals surface area contributed by atoms with Gasteiger partial charge in [0.2, 0.25) is 5.88 Å². The highest BCUT2D eigenvalue weighted by molar-refractivity contribution is 5.95. The van der Waals surface area contributed by atoms with E-state index >= 15 is 0 Å². The molecule has 8 nitrogen and oxygen atoms in total. The Morgan fingerprint density at radius 3 is 2.66 bits per heavy atom. The van der Waals surface area contributed by atoms with Gasteiger partial charge in [0.25, 0.3) is 5.91 Å². The molecule has 0 spiro atoms. The molecule has 1 N–H and O–H groups in total. The molecule has 32 heavy (non-hydrogen) atoms. The van der Waals surface area contributed by atoms with E-state index in [1.807, 2.05) is 36.4 Å². The van der Waals surface area contributed by atoms with Gasteiger partial charge in [0.15, 0.2) is 11.5 Å². The first-order valence-corrected chi connectivity index (χ1v) is 9.97. The summed E-state index contributed by atoms with van der Waals surface area (Å²) in [6.45, 7) is 0.964. The highest BCUT2D eigenvalue weighted by Gasteiger charge is 2.14. The molecule has 4 aromatic rings. The quantitative estimate of drug-likeness (QED) is 0.383. The number of benzene rings is 3. The number of fused-ring (bicyclic) bond motifs is 2. The van der Waals surface area contributed by atoms with Crippen molar-refractivity contribution in [3.05, 3.63) is 84.2 Å². The number of hydrogen-bond donors (Lipinski definition) is 1. The van der Waals surface area contributed by atoms with Gasteiger partial charge in [-0.2, -0.15) is 5.10 Å². The molecule has 3 aromatic carbocycles. The van der Waals surface area contributed by atoms with Crippen LogP contribution in [0.1, 0.15) is 15.9 Å². The van der Waals surface area contributed by atoms with Crippen LogP contribution in [0.2, 0.25) is 0 Å². The van der Waals surface area contributed by atoms with Crippen LogP contribution in [0.15, 0.2) is 78.2 Å². The second-order valence-electron chi connectivity index (χ2n) is 6.92. The summed E-state index contributed by atoms with van der Waals surface area (Å²) in [4.78, 5) is 20.8. The topological polar surface area (TPSA) is 94.9 Å². The van der Waals surface area contributed by atoms with Crippen LogP contribution < -0.4 is 19.6 Å². The third-order valence-corrected chi connectivity index (χ3v) is 4.78. The van der Waals surface area contributed by atoms with Crippen LogP contribution in [-0.4, -0.2) is 35.3 Å². The third kappa shape index (κ3) is 4.20. The summed E-state index contributed by atoms with van der Waals surface area (Å²) in [5.74, 6) is 1.97. The van der Waals surface area contributed by atoms with E-state index < -0.39 is 0 Å². The van der Waals surface area contributed by atoms with Crippen LogP contribution in [-0.2, 0) is 0 Å². The molecular weight excluding hydrogens is 408 g/mol. The number of rotatable bonds is 5. The molecule has 0 saturated heterocycles. The van der Waals surface area contributed by atoms with Crippen molar-refractivity contribution in [2.45, 2.75) is 0 Å². The number of ether oxygens (including phenoxy) is 3. The number of amides is 1. The highest BCUT2D eigenvalue weighted by atomic mass is 16.6. The smallest absolute Gasteiger partial charge is 0.271 e. The van der Waals surface area contributed by atoms with Crippen molar-refractivity contribution < 1.29 is 19.0 Å². The van der Waals surface area contributed by atoms with Gasteiger partial charge in [-0.3, -0.25) is 4.79 Å². The molecule has 0 radical (unpaired) electrons. The minimum Gasteiger partial charge on any atom is -0.486 e. The zero-order valence-corrected chi connectivity index (χ0v) is 16.9. The normalized spacial score (nSPS) is 12.6. The van der Waals surface area contributed by atoms with Crippen molar-refractivity contribution in [3.63, 3.8) is 0 Å². The third-order valence-electron chi connectivity index (χ3n) is 4.78. The van der Waals surface area contributed by atoms with Crippen LogP contribution in [0.5, 0.6) is 23.1 Å². The fourth-order valence-corrected chi connectivity index (χ4v) is 3.21. The average molecular weight is 426 g/mol. The first-order chi connectivity index (χ1) is 15.8. The molecule has 1 aromatic heterocycles. The number of hydrazone groups is 1. The van der Waals surface area contributed by atoms with Crippen LogP contribution in [0.4, 0.5) is 0 Å². The number of carbonyl (C=O) groups excluding carboxylic acids is 1. The Morgan fingerprint density at radius 2 is 1.78 bits per heavy atom. The second kappa shape index (κ2) is 8.73. The lowest BCUT2D eigenvalue weighted by Crippen LogP contribution is -2.19. The summed E-state index contributed by atoms with van der Waals surface area (Å²) in [5.41, 5.74) is 4.57. The van der Waals surface area contributed by atoms with Gasteiger partial charge in [-0.1, -0.05) is 12.1 Å². The van der Waals surface area contributed by atoms with Crippen LogP contribution in [0.25, 0.3) is 10.9 Å². The number of nitrogens with one attached hydrogen (secondary N) is 1. The van der Waals surface area contributed by atoms with Crippen molar-refractivity contribution in [1.29, 1.82) is 0 Å². The molecule has 1 amide bonds. The molecule has 5 rings (SSSR count). The van der Waals surface area contributed by atoms with E-state index in [2.05, 4.69) is 20.5 Å². The Hall–Kier alpha value is -4.46. The zero-order chi connectivity index (χ0) is 21.8. The monoisotopic (exact) mass is 426 g/mol. The SMILES string of the molecule is O=C(N/N=C/c1ccc(Oc2ncnc3ccccc23)cc1)c1ccc2c(c1)OCCO2. The van der Waals surface area contributed by atoms with E-state index in [1.165, 1.54) is 6.33 Å². The van der Waals surface area contributed by atoms with Gasteiger partial charge in [0, 0.05) is 5.56 Å². The second-order valence-corrected chi connectivity index (χ2v) is 6.92. The molecule has 158 valence electrons. The minimum atomic E-state index is -0.339. The molecule has 1 aliphatic heterocycles. The van der Waals surface area contributed by atoms with Gasteiger partial charge in [-0.15, -0.1) is 0 Å². The van der Waals surface area contributed by atoms with Crippen LogP contribution >= 0.6 is 0 Å². The van der Waals surface area contributed by atoms with Crippen molar-refractivity contribution in [1.82, 2.24) is 15.4 Å². The highest BCUT2D eigenvalue weighted by Crippen LogP contribution is 2.30. The molecular formula is C24H18N4O4. The lowest BCUT2D eigenvalue weighted by molar-refractivity contribution is 0.0954. The Kier molecular flexibility index (Phi) is 5.32. The minimum absolute atomic E-state index is 0.339. The van der Waals surface area contributed by atoms with E-state index in [4.69, 9.17) is 14.2 Å². The Bertz CT molecular complexity index is 1300. The molecule has 0 bridgehead atoms. The fraction of sp³-hybridized carbons (Fsp3) is 0.0833. The maximum atomic E-state index is 12.3. The van der Waals surface area contributed by atoms with E-state index in [-0.39, 0.29) is 5.91 Å². The van der Waals surface area contributed by atoms with Gasteiger partial charge in [0.05, 0.1) is 17.1 Å². The number of nitrogens with zero attached hydrogens (tertiary/aromatic N) is 3. The summed E-state index contributed by atoms with van der Waals surface area (Å²) >= 11 is 0. The molecule has 2 heterocycles. The predicted molar refractivity (Wildman–Crippen MR) is 119 cm³/mol. The predicted octanol–water partition coefficient (Wildman–Crippen LogP) is 3.96. The summed E-state index contributed by atoms with van der Waals surface area (Å²) < 4.78 is 16.9. The maximum Gasteiger partial charge on any atom is 0.271 e. The first-order valence-electron chi connectivity index (χ1n) is 9.97. The van der Waals surface area contributed by atoms with Crippen LogP contribution in [0.3, 0.4) is 0 Å². The maximum absolute atomic E-state index is 12.3. The van der Waals surface area contributed by atoms with Crippen molar-refractivity contribution >= 4 is 23.0 Å². The van der Waals surface area contributed by atoms with E-state index in [9.17, 15) is 4.79 Å². The zero-order valence-electron chi connectivity index (χ0n) is 16.9. The largest absolute Gasteiger partial charge is 0.486 e. The Balaban J connectivity index is 1.22. The molecule has 0 unspecified atom stereocenters. The van der Waals surface area contributed by atoms with E-state index in [1.54, 1.807) is 36.5 Å². The summed E-state index contributed by atoms with van der Waals surface area (Å²) in [6, 6.07) is 19.9. The number of hydrogen-bond acceptors (Lipinski definition) is 7. The lowest BCUT2D eigenvalue weighted by atomic mass is 10.2. The van der Waals surface area contributed by atoms with E-state index in [0.717, 1.165) is 16.5 Å². The molecule has 0 aliphatic carbocycles. The fourth-order valence-electron chi connectivity index (χ4n) is 3.21. The van der Waals surface area contributed by atoms with E-state index in [0.29, 0.717) is 41.9 Å². The number of aromatic nitrogens is 2. The summed E-state index contributed by atoms with van der Waals surface area (Å²) in [6.07, 6.45) is 3.03. The van der Waals surface area contributed by atoms with Crippen molar-refractivity contribution in [2.24, 2.45) is 5.10 Å². The van der Waals surface area contributed by atoms with Gasteiger partial charge < -0.3 is 14.2 Å². The van der Waals surface area contributed by atoms with Crippen molar-refractivity contribution in [3.8, 4) is 23.1 Å². The number of para-hydroxylation sites is 1.